The van der Waals surface area contributed by atoms with Gasteiger partial charge >= 0.3 is 0 Å². The largest absolute Gasteiger partial charge is 0.497 e. The molecule has 0 spiro atoms. The van der Waals surface area contributed by atoms with Crippen molar-refractivity contribution < 1.29 is 13.9 Å². The van der Waals surface area contributed by atoms with Gasteiger partial charge in [-0.2, -0.15) is 5.10 Å². The average molecular weight is 521 g/mol. The number of rotatable bonds is 8. The molecule has 3 heterocycles. The van der Waals surface area contributed by atoms with E-state index in [1.54, 1.807) is 59.6 Å². The molecule has 0 saturated carbocycles. The van der Waals surface area contributed by atoms with E-state index in [0.717, 1.165) is 36.1 Å². The number of hydrazone groups is 1. The van der Waals surface area contributed by atoms with Crippen LogP contribution < -0.4 is 15.7 Å². The molecule has 5 rings (SSSR count). The second-order valence-corrected chi connectivity index (χ2v) is 10.1. The number of hydrogen-bond donors (Lipinski definition) is 1. The number of hydrogen-bond acceptors (Lipinski definition) is 8. The summed E-state index contributed by atoms with van der Waals surface area (Å²) in [5, 5.41) is 5.09. The predicted molar refractivity (Wildman–Crippen MR) is 144 cm³/mol. The summed E-state index contributed by atoms with van der Waals surface area (Å²) in [5.74, 6) is 1.14. The van der Waals surface area contributed by atoms with Crippen LogP contribution in [0.25, 0.3) is 22.0 Å². The van der Waals surface area contributed by atoms with Crippen LogP contribution in [0.1, 0.15) is 29.0 Å². The summed E-state index contributed by atoms with van der Waals surface area (Å²) < 4.78 is 12.1. The summed E-state index contributed by atoms with van der Waals surface area (Å²) >= 11 is 2.80. The maximum Gasteiger partial charge on any atom is 0.267 e. The van der Waals surface area contributed by atoms with Crippen molar-refractivity contribution in [3.63, 3.8) is 0 Å². The molecule has 1 amide bonds. The lowest BCUT2D eigenvalue weighted by Crippen LogP contribution is -2.24. The van der Waals surface area contributed by atoms with Crippen LogP contribution >= 0.6 is 23.1 Å². The van der Waals surface area contributed by atoms with Crippen LogP contribution in [0.2, 0.25) is 0 Å². The Labute approximate surface area is 215 Å². The second-order valence-electron chi connectivity index (χ2n) is 8.10. The van der Waals surface area contributed by atoms with Crippen molar-refractivity contribution in [2.45, 2.75) is 30.8 Å². The quantitative estimate of drug-likeness (QED) is 0.155. The summed E-state index contributed by atoms with van der Waals surface area (Å²) in [6.07, 6.45) is 10.5. The van der Waals surface area contributed by atoms with Crippen molar-refractivity contribution >= 4 is 51.5 Å². The first-order chi connectivity index (χ1) is 17.6. The number of methoxy groups -OCH3 is 1. The van der Waals surface area contributed by atoms with Gasteiger partial charge in [-0.25, -0.2) is 10.4 Å². The zero-order valence-electron chi connectivity index (χ0n) is 19.6. The van der Waals surface area contributed by atoms with Crippen molar-refractivity contribution in [3.05, 3.63) is 75.3 Å². The number of carbonyl (C=O) groups is 1. The molecule has 1 aliphatic rings. The molecular weight excluding hydrogens is 496 g/mol. The summed E-state index contributed by atoms with van der Waals surface area (Å²) in [5.41, 5.74) is 4.20. The van der Waals surface area contributed by atoms with E-state index in [9.17, 15) is 9.59 Å². The maximum atomic E-state index is 13.8. The minimum atomic E-state index is -0.302. The van der Waals surface area contributed by atoms with Gasteiger partial charge in [0.05, 0.1) is 30.2 Å². The predicted octanol–water partition coefficient (Wildman–Crippen LogP) is 4.84. The maximum absolute atomic E-state index is 13.8. The number of thiophene rings is 1. The number of fused-ring (bicyclic) bond motifs is 3. The number of nitrogens with zero attached hydrogens (tertiary/aromatic N) is 3. The molecule has 1 aromatic carbocycles. The third-order valence-corrected chi connectivity index (χ3v) is 7.90. The SMILES string of the molecule is COc1ccc(-n2c(SCC(=O)NN=CC=Cc3ccco3)nc3sc4c(c3c2=O)CCCC4)cc1. The van der Waals surface area contributed by atoms with Gasteiger partial charge in [-0.3, -0.25) is 14.2 Å². The van der Waals surface area contributed by atoms with Gasteiger partial charge in [0.15, 0.2) is 5.16 Å². The van der Waals surface area contributed by atoms with Crippen LogP contribution in [0.5, 0.6) is 5.75 Å². The number of ether oxygens (including phenoxy) is 1. The number of aryl methyl sites for hydroxylation is 2. The first kappa shape index (κ1) is 24.1. The third kappa shape index (κ3) is 5.14. The molecule has 0 saturated heterocycles. The first-order valence-corrected chi connectivity index (χ1v) is 13.3. The molecule has 1 aliphatic carbocycles. The molecule has 10 heteroatoms. The lowest BCUT2D eigenvalue weighted by molar-refractivity contribution is -0.118. The fraction of sp³-hybridized carbons (Fsp3) is 0.231. The molecule has 8 nitrogen and oxygen atoms in total. The molecular formula is C26H24N4O4S2. The van der Waals surface area contributed by atoms with E-state index in [-0.39, 0.29) is 17.2 Å². The Kier molecular flexibility index (Phi) is 7.33. The van der Waals surface area contributed by atoms with Gasteiger partial charge in [0, 0.05) is 11.1 Å². The van der Waals surface area contributed by atoms with Crippen LogP contribution in [0.4, 0.5) is 0 Å². The van der Waals surface area contributed by atoms with Crippen LogP contribution in [-0.4, -0.2) is 34.5 Å². The monoisotopic (exact) mass is 520 g/mol. The standard InChI is InChI=1S/C26H24N4O4S2/c1-33-18-12-10-17(11-13-18)30-25(32)23-20-8-2-3-9-21(20)36-24(23)28-26(30)35-16-22(31)29-27-14-4-6-19-7-5-15-34-19/h4-7,10-15H,2-3,8-9,16H2,1H3,(H,29,31). The zero-order chi connectivity index (χ0) is 24.9. The van der Waals surface area contributed by atoms with E-state index in [1.807, 2.05) is 18.2 Å². The summed E-state index contributed by atoms with van der Waals surface area (Å²) in [6, 6.07) is 10.9. The highest BCUT2D eigenvalue weighted by molar-refractivity contribution is 7.99. The van der Waals surface area contributed by atoms with Crippen molar-refractivity contribution in [2.24, 2.45) is 5.10 Å². The van der Waals surface area contributed by atoms with Crippen molar-refractivity contribution in [1.29, 1.82) is 0 Å². The summed E-state index contributed by atoms with van der Waals surface area (Å²) in [7, 11) is 1.60. The summed E-state index contributed by atoms with van der Waals surface area (Å²) in [6.45, 7) is 0. The van der Waals surface area contributed by atoms with Crippen molar-refractivity contribution in [1.82, 2.24) is 15.0 Å². The number of furan rings is 1. The van der Waals surface area contributed by atoms with Gasteiger partial charge in [0.1, 0.15) is 16.3 Å². The van der Waals surface area contributed by atoms with Crippen molar-refractivity contribution in [2.75, 3.05) is 12.9 Å². The van der Waals surface area contributed by atoms with Crippen LogP contribution in [-0.2, 0) is 17.6 Å². The average Bonchev–Trinajstić information content (AvgIpc) is 3.55. The number of carbonyl (C=O) groups excluding carboxylic acids is 1. The first-order valence-electron chi connectivity index (χ1n) is 11.5. The molecule has 4 aromatic rings. The van der Waals surface area contributed by atoms with Gasteiger partial charge in [-0.15, -0.1) is 11.3 Å². The van der Waals surface area contributed by atoms with Crippen molar-refractivity contribution in [3.8, 4) is 11.4 Å². The van der Waals surface area contributed by atoms with Gasteiger partial charge in [0.2, 0.25) is 0 Å². The molecule has 0 atom stereocenters. The highest BCUT2D eigenvalue weighted by Gasteiger charge is 2.23. The molecule has 3 aromatic heterocycles. The third-order valence-electron chi connectivity index (χ3n) is 5.77. The summed E-state index contributed by atoms with van der Waals surface area (Å²) in [4.78, 5) is 33.0. The number of aromatic nitrogens is 2. The number of amides is 1. The molecule has 0 fully saturated rings. The number of allylic oxidation sites excluding steroid dienone is 1. The lowest BCUT2D eigenvalue weighted by Gasteiger charge is -2.14. The Morgan fingerprint density at radius 2 is 2.11 bits per heavy atom. The van der Waals surface area contributed by atoms with Gasteiger partial charge in [-0.05, 0) is 79.8 Å². The molecule has 0 bridgehead atoms. The minimum absolute atomic E-state index is 0.0540. The number of benzene rings is 1. The Balaban J connectivity index is 1.40. The van der Waals surface area contributed by atoms with E-state index in [2.05, 4.69) is 10.5 Å². The van der Waals surface area contributed by atoms with E-state index in [0.29, 0.717) is 27.7 Å². The molecule has 36 heavy (non-hydrogen) atoms. The Morgan fingerprint density at radius 1 is 1.28 bits per heavy atom. The normalized spacial score (nSPS) is 13.5. The fourth-order valence-corrected chi connectivity index (χ4v) is 6.19. The van der Waals surface area contributed by atoms with E-state index < -0.39 is 0 Å². The molecule has 184 valence electrons. The molecule has 1 N–H and O–H groups in total. The topological polar surface area (TPSA) is 98.7 Å². The van der Waals surface area contributed by atoms with E-state index >= 15 is 0 Å². The smallest absolute Gasteiger partial charge is 0.267 e. The Hall–Kier alpha value is -3.63. The van der Waals surface area contributed by atoms with Gasteiger partial charge in [-0.1, -0.05) is 11.8 Å². The number of nitrogens with one attached hydrogen (secondary N) is 1. The molecule has 0 aliphatic heterocycles. The Morgan fingerprint density at radius 3 is 2.89 bits per heavy atom. The zero-order valence-corrected chi connectivity index (χ0v) is 21.2. The lowest BCUT2D eigenvalue weighted by atomic mass is 9.97. The van der Waals surface area contributed by atoms with E-state index in [4.69, 9.17) is 14.1 Å². The minimum Gasteiger partial charge on any atom is -0.497 e. The Bertz CT molecular complexity index is 1490. The van der Waals surface area contributed by atoms with Crippen LogP contribution in [0.3, 0.4) is 0 Å². The number of thioether (sulfide) groups is 1. The van der Waals surface area contributed by atoms with E-state index in [1.165, 1.54) is 22.9 Å². The second kappa shape index (κ2) is 11.0. The van der Waals surface area contributed by atoms with Gasteiger partial charge in [0.25, 0.3) is 11.5 Å². The highest BCUT2D eigenvalue weighted by atomic mass is 32.2. The molecule has 0 radical (unpaired) electrons. The van der Waals surface area contributed by atoms with Crippen LogP contribution in [0, 0.1) is 0 Å². The fourth-order valence-electron chi connectivity index (χ4n) is 4.08. The highest BCUT2D eigenvalue weighted by Crippen LogP contribution is 2.35. The van der Waals surface area contributed by atoms with Crippen LogP contribution in [0.15, 0.2) is 68.2 Å². The molecule has 0 unspecified atom stereocenters. The van der Waals surface area contributed by atoms with Gasteiger partial charge < -0.3 is 9.15 Å².